The number of nitrogens with zero attached hydrogens (tertiary/aromatic N) is 3. The third-order valence-electron chi connectivity index (χ3n) is 2.42. The summed E-state index contributed by atoms with van der Waals surface area (Å²) in [6.07, 6.45) is 15.5. The number of anilines is 1. The van der Waals surface area contributed by atoms with Crippen LogP contribution >= 0.6 is 11.3 Å². The zero-order chi connectivity index (χ0) is 12.4. The van der Waals surface area contributed by atoms with Crippen LogP contribution in [0.2, 0.25) is 0 Å². The van der Waals surface area contributed by atoms with Gasteiger partial charge in [0.2, 0.25) is 0 Å². The van der Waals surface area contributed by atoms with E-state index in [1.165, 1.54) is 11.3 Å². The minimum Gasteiger partial charge on any atom is -0.375 e. The van der Waals surface area contributed by atoms with E-state index in [9.17, 15) is 0 Å². The van der Waals surface area contributed by atoms with Crippen LogP contribution in [0.25, 0.3) is 15.9 Å². The predicted molar refractivity (Wildman–Crippen MR) is 75.0 cm³/mol. The van der Waals surface area contributed by atoms with Gasteiger partial charge in [0.25, 0.3) is 0 Å². The van der Waals surface area contributed by atoms with Gasteiger partial charge in [-0.25, -0.2) is 15.0 Å². The maximum Gasteiger partial charge on any atom is 0.182 e. The zero-order valence-electron chi connectivity index (χ0n) is 9.45. The molecule has 88 valence electrons. The van der Waals surface area contributed by atoms with Gasteiger partial charge < -0.3 is 5.73 Å². The van der Waals surface area contributed by atoms with Crippen molar-refractivity contribution < 1.29 is 0 Å². The first-order valence-corrected chi connectivity index (χ1v) is 6.26. The lowest BCUT2D eigenvalue weighted by atomic mass is 10.1. The maximum absolute atomic E-state index is 5.66. The summed E-state index contributed by atoms with van der Waals surface area (Å²) in [7, 11) is 0. The van der Waals surface area contributed by atoms with Crippen molar-refractivity contribution in [1.29, 1.82) is 0 Å². The molecule has 0 unspecified atom stereocenters. The van der Waals surface area contributed by atoms with E-state index in [1.54, 1.807) is 6.20 Å². The molecule has 0 bridgehead atoms. The van der Waals surface area contributed by atoms with E-state index in [2.05, 4.69) is 15.0 Å². The highest BCUT2D eigenvalue weighted by Gasteiger charge is 2.07. The Labute approximate surface area is 108 Å². The highest BCUT2D eigenvalue weighted by Crippen LogP contribution is 2.23. The second-order valence-corrected chi connectivity index (χ2v) is 4.70. The van der Waals surface area contributed by atoms with Gasteiger partial charge in [-0.05, 0) is 0 Å². The van der Waals surface area contributed by atoms with Crippen LogP contribution in [-0.4, -0.2) is 15.0 Å². The number of aromatic nitrogens is 3. The minimum atomic E-state index is 0.515. The van der Waals surface area contributed by atoms with E-state index < -0.39 is 0 Å². The molecule has 2 aromatic rings. The minimum absolute atomic E-state index is 0.515. The maximum atomic E-state index is 5.66. The van der Waals surface area contributed by atoms with Gasteiger partial charge in [0.1, 0.15) is 10.3 Å². The molecule has 2 aromatic heterocycles. The predicted octanol–water partition coefficient (Wildman–Crippen LogP) is 2.73. The van der Waals surface area contributed by atoms with E-state index in [0.29, 0.717) is 11.0 Å². The molecule has 0 spiro atoms. The van der Waals surface area contributed by atoms with Crippen LogP contribution in [0.3, 0.4) is 0 Å². The molecule has 0 radical (unpaired) electrons. The Morgan fingerprint density at radius 3 is 2.78 bits per heavy atom. The zero-order valence-corrected chi connectivity index (χ0v) is 10.3. The Kier molecular flexibility index (Phi) is 2.74. The smallest absolute Gasteiger partial charge is 0.182 e. The molecule has 2 N–H and O–H groups in total. The number of hydrogen-bond donors (Lipinski definition) is 1. The topological polar surface area (TPSA) is 64.7 Å². The van der Waals surface area contributed by atoms with Crippen molar-refractivity contribution in [1.82, 2.24) is 15.0 Å². The quantitative estimate of drug-likeness (QED) is 0.849. The molecule has 5 heteroatoms. The van der Waals surface area contributed by atoms with Gasteiger partial charge >= 0.3 is 0 Å². The van der Waals surface area contributed by atoms with Crippen molar-refractivity contribution >= 4 is 32.4 Å². The molecular weight excluding hydrogens is 244 g/mol. The van der Waals surface area contributed by atoms with Crippen LogP contribution in [0, 0.1) is 0 Å². The monoisotopic (exact) mass is 254 g/mol. The van der Waals surface area contributed by atoms with E-state index in [-0.39, 0.29) is 0 Å². The molecule has 2 heterocycles. The van der Waals surface area contributed by atoms with E-state index in [1.807, 2.05) is 42.5 Å². The van der Waals surface area contributed by atoms with Crippen LogP contribution in [0.1, 0.15) is 5.82 Å². The Balaban J connectivity index is 2.08. The first kappa shape index (κ1) is 10.9. The molecule has 1 aliphatic carbocycles. The standard InChI is InChI=1S/C13H10N4S/c14-13-16-10-8-15-11(17-12(10)18-13)9-6-4-2-1-3-5-7-9/h1-8H,(H2,14,16)/b2-1-,3-1?,4-2?,5-3-,6-4-,7-5?,9-6?,9-7+. The molecule has 0 amide bonds. The molecule has 1 aliphatic rings. The number of nitrogen functional groups attached to an aromatic ring is 1. The fraction of sp³-hybridized carbons (Fsp3) is 0. The third kappa shape index (κ3) is 2.08. The summed E-state index contributed by atoms with van der Waals surface area (Å²) < 4.78 is 0. The second-order valence-electron chi connectivity index (χ2n) is 3.69. The lowest BCUT2D eigenvalue weighted by Crippen LogP contribution is -1.92. The number of nitrogens with two attached hydrogens (primary N) is 1. The van der Waals surface area contributed by atoms with Crippen LogP contribution in [0.5, 0.6) is 0 Å². The van der Waals surface area contributed by atoms with Gasteiger partial charge in [-0.15, -0.1) is 0 Å². The van der Waals surface area contributed by atoms with Crippen molar-refractivity contribution in [3.8, 4) is 0 Å². The van der Waals surface area contributed by atoms with Crippen molar-refractivity contribution in [2.45, 2.75) is 0 Å². The van der Waals surface area contributed by atoms with Crippen LogP contribution in [0.4, 0.5) is 5.13 Å². The van der Waals surface area contributed by atoms with Gasteiger partial charge in [-0.3, -0.25) is 0 Å². The first-order valence-electron chi connectivity index (χ1n) is 5.44. The normalized spacial score (nSPS) is 22.8. The third-order valence-corrected chi connectivity index (χ3v) is 3.22. The molecule has 0 aliphatic heterocycles. The van der Waals surface area contributed by atoms with Crippen LogP contribution in [-0.2, 0) is 0 Å². The average molecular weight is 254 g/mol. The molecule has 0 saturated carbocycles. The summed E-state index contributed by atoms with van der Waals surface area (Å²) >= 11 is 1.37. The first-order chi connectivity index (χ1) is 8.83. The fourth-order valence-corrected chi connectivity index (χ4v) is 2.28. The molecular formula is C13H10N4S. The lowest BCUT2D eigenvalue weighted by Gasteiger charge is -2.00. The molecule has 4 nitrogen and oxygen atoms in total. The number of rotatable bonds is 1. The number of thiazole rings is 1. The molecule has 0 aromatic carbocycles. The van der Waals surface area contributed by atoms with Crippen molar-refractivity contribution in [2.75, 3.05) is 5.73 Å². The molecule has 3 rings (SSSR count). The second kappa shape index (κ2) is 4.54. The SMILES string of the molecule is Nc1nc2cnc(C3=C/C=C\C=C/C=C\3)nc2s1. The van der Waals surface area contributed by atoms with Crippen molar-refractivity contribution in [3.63, 3.8) is 0 Å². The van der Waals surface area contributed by atoms with Gasteiger partial charge in [0.15, 0.2) is 11.0 Å². The van der Waals surface area contributed by atoms with Gasteiger partial charge in [-0.1, -0.05) is 53.9 Å². The van der Waals surface area contributed by atoms with E-state index >= 15 is 0 Å². The number of hydrogen-bond acceptors (Lipinski definition) is 5. The summed E-state index contributed by atoms with van der Waals surface area (Å²) in [6.45, 7) is 0. The molecule has 0 fully saturated rings. The van der Waals surface area contributed by atoms with Crippen molar-refractivity contribution in [3.05, 3.63) is 54.6 Å². The summed E-state index contributed by atoms with van der Waals surface area (Å²) in [5.41, 5.74) is 7.36. The highest BCUT2D eigenvalue weighted by atomic mass is 32.1. The summed E-state index contributed by atoms with van der Waals surface area (Å²) in [5.74, 6) is 0.683. The van der Waals surface area contributed by atoms with E-state index in [0.717, 1.165) is 15.9 Å². The Morgan fingerprint density at radius 1 is 1.00 bits per heavy atom. The van der Waals surface area contributed by atoms with Crippen molar-refractivity contribution in [2.24, 2.45) is 0 Å². The molecule has 18 heavy (non-hydrogen) atoms. The fourth-order valence-electron chi connectivity index (χ4n) is 1.61. The lowest BCUT2D eigenvalue weighted by molar-refractivity contribution is 1.17. The number of allylic oxidation sites excluding steroid dienone is 8. The van der Waals surface area contributed by atoms with Gasteiger partial charge in [0.05, 0.1) is 6.20 Å². The highest BCUT2D eigenvalue weighted by molar-refractivity contribution is 7.21. The summed E-state index contributed by atoms with van der Waals surface area (Å²) in [5, 5.41) is 0.515. The number of fused-ring (bicyclic) bond motifs is 1. The average Bonchev–Trinajstić information content (AvgIpc) is 2.67. The van der Waals surface area contributed by atoms with Gasteiger partial charge in [-0.2, -0.15) is 0 Å². The summed E-state index contributed by atoms with van der Waals surface area (Å²) in [4.78, 5) is 13.8. The summed E-state index contributed by atoms with van der Waals surface area (Å²) in [6, 6.07) is 0. The Morgan fingerprint density at radius 2 is 1.83 bits per heavy atom. The van der Waals surface area contributed by atoms with Crippen LogP contribution < -0.4 is 5.73 Å². The van der Waals surface area contributed by atoms with Gasteiger partial charge in [0, 0.05) is 5.57 Å². The Bertz CT molecular complexity index is 707. The molecule has 0 saturated heterocycles. The van der Waals surface area contributed by atoms with Crippen LogP contribution in [0.15, 0.2) is 48.7 Å². The van der Waals surface area contributed by atoms with E-state index in [4.69, 9.17) is 5.73 Å². The Hall–Kier alpha value is -2.27. The largest absolute Gasteiger partial charge is 0.375 e. The molecule has 0 atom stereocenters.